The van der Waals surface area contributed by atoms with Gasteiger partial charge in [0.25, 0.3) is 0 Å². The molecule has 2 N–H and O–H groups in total. The van der Waals surface area contributed by atoms with Gasteiger partial charge in [-0.3, -0.25) is 4.68 Å². The highest BCUT2D eigenvalue weighted by molar-refractivity contribution is 5.80. The van der Waals surface area contributed by atoms with Gasteiger partial charge in [0, 0.05) is 44.1 Å². The van der Waals surface area contributed by atoms with Crippen molar-refractivity contribution in [2.24, 2.45) is 4.99 Å². The summed E-state index contributed by atoms with van der Waals surface area (Å²) in [5.41, 5.74) is 5.26. The lowest BCUT2D eigenvalue weighted by atomic mass is 9.72. The Bertz CT molecular complexity index is 1040. The number of aliphatic imine (C=N–C) groups is 1. The molecule has 0 amide bonds. The molecule has 33 heavy (non-hydrogen) atoms. The lowest BCUT2D eigenvalue weighted by molar-refractivity contribution is 0.0512. The molecule has 0 spiro atoms. The van der Waals surface area contributed by atoms with E-state index in [4.69, 9.17) is 9.73 Å². The minimum Gasteiger partial charge on any atom is -0.381 e. The van der Waals surface area contributed by atoms with Crippen LogP contribution in [-0.2, 0) is 23.2 Å². The van der Waals surface area contributed by atoms with E-state index in [9.17, 15) is 0 Å². The monoisotopic (exact) mass is 445 g/mol. The highest BCUT2D eigenvalue weighted by Crippen LogP contribution is 2.36. The fourth-order valence-corrected chi connectivity index (χ4v) is 4.66. The number of hydrogen-bond acceptors (Lipinski definition) is 3. The first kappa shape index (κ1) is 23.1. The highest BCUT2D eigenvalue weighted by atomic mass is 16.5. The minimum atomic E-state index is 0.0534. The van der Waals surface area contributed by atoms with Crippen LogP contribution in [0.4, 0.5) is 0 Å². The number of aryl methyl sites for hydroxylation is 1. The third kappa shape index (κ3) is 5.82. The molecule has 6 heteroatoms. The van der Waals surface area contributed by atoms with Crippen molar-refractivity contribution in [3.8, 4) is 0 Å². The third-order valence-electron chi connectivity index (χ3n) is 6.52. The SMILES string of the molecule is CCNC(=NCc1ccccc1Cn1cccn1)NCC1(c2ccccc2C)CCOCC1. The van der Waals surface area contributed by atoms with Crippen LogP contribution in [-0.4, -0.2) is 42.0 Å². The fraction of sp³-hybridized carbons (Fsp3) is 0.407. The predicted molar refractivity (Wildman–Crippen MR) is 133 cm³/mol. The summed E-state index contributed by atoms with van der Waals surface area (Å²) in [5.74, 6) is 0.853. The van der Waals surface area contributed by atoms with Crippen molar-refractivity contribution in [2.75, 3.05) is 26.3 Å². The van der Waals surface area contributed by atoms with E-state index >= 15 is 0 Å². The molecule has 0 aliphatic carbocycles. The van der Waals surface area contributed by atoms with Crippen molar-refractivity contribution in [2.45, 2.75) is 45.2 Å². The topological polar surface area (TPSA) is 63.5 Å². The summed E-state index contributed by atoms with van der Waals surface area (Å²) < 4.78 is 7.67. The van der Waals surface area contributed by atoms with Gasteiger partial charge in [-0.1, -0.05) is 48.5 Å². The van der Waals surface area contributed by atoms with E-state index < -0.39 is 0 Å². The van der Waals surface area contributed by atoms with Gasteiger partial charge in [0.1, 0.15) is 0 Å². The molecule has 0 unspecified atom stereocenters. The Morgan fingerprint density at radius 1 is 1.03 bits per heavy atom. The van der Waals surface area contributed by atoms with Gasteiger partial charge in [0.15, 0.2) is 5.96 Å². The molecule has 1 saturated heterocycles. The molecule has 0 atom stereocenters. The number of ether oxygens (including phenoxy) is 1. The number of aromatic nitrogens is 2. The van der Waals surface area contributed by atoms with Crippen molar-refractivity contribution in [1.29, 1.82) is 0 Å². The molecule has 0 radical (unpaired) electrons. The molecule has 1 aromatic heterocycles. The van der Waals surface area contributed by atoms with Gasteiger partial charge in [-0.05, 0) is 55.0 Å². The number of benzene rings is 2. The third-order valence-corrected chi connectivity index (χ3v) is 6.52. The lowest BCUT2D eigenvalue weighted by Gasteiger charge is -2.39. The first-order valence-electron chi connectivity index (χ1n) is 11.9. The Hall–Kier alpha value is -3.12. The van der Waals surface area contributed by atoms with Crippen LogP contribution >= 0.6 is 0 Å². The van der Waals surface area contributed by atoms with E-state index in [1.165, 1.54) is 22.3 Å². The zero-order valence-electron chi connectivity index (χ0n) is 19.8. The van der Waals surface area contributed by atoms with Crippen LogP contribution in [0.5, 0.6) is 0 Å². The largest absolute Gasteiger partial charge is 0.381 e. The molecule has 174 valence electrons. The van der Waals surface area contributed by atoms with E-state index in [0.29, 0.717) is 6.54 Å². The maximum Gasteiger partial charge on any atom is 0.191 e. The van der Waals surface area contributed by atoms with Crippen molar-refractivity contribution in [1.82, 2.24) is 20.4 Å². The molecular formula is C27H35N5O. The van der Waals surface area contributed by atoms with Gasteiger partial charge in [-0.2, -0.15) is 5.10 Å². The van der Waals surface area contributed by atoms with Gasteiger partial charge < -0.3 is 15.4 Å². The lowest BCUT2D eigenvalue weighted by Crippen LogP contribution is -2.48. The van der Waals surface area contributed by atoms with Gasteiger partial charge >= 0.3 is 0 Å². The smallest absolute Gasteiger partial charge is 0.191 e. The van der Waals surface area contributed by atoms with Gasteiger partial charge in [-0.15, -0.1) is 0 Å². The number of nitrogens with one attached hydrogen (secondary N) is 2. The molecule has 4 rings (SSSR count). The molecule has 6 nitrogen and oxygen atoms in total. The quantitative estimate of drug-likeness (QED) is 0.406. The van der Waals surface area contributed by atoms with Crippen molar-refractivity contribution < 1.29 is 4.74 Å². The van der Waals surface area contributed by atoms with Crippen LogP contribution in [0.3, 0.4) is 0 Å². The number of nitrogens with zero attached hydrogens (tertiary/aromatic N) is 3. The normalized spacial score (nSPS) is 15.9. The van der Waals surface area contributed by atoms with E-state index in [1.54, 1.807) is 0 Å². The Kier molecular flexibility index (Phi) is 7.79. The van der Waals surface area contributed by atoms with Crippen molar-refractivity contribution >= 4 is 5.96 Å². The number of guanidine groups is 1. The predicted octanol–water partition coefficient (Wildman–Crippen LogP) is 4.04. The van der Waals surface area contributed by atoms with E-state index in [1.807, 2.05) is 23.1 Å². The zero-order valence-corrected chi connectivity index (χ0v) is 19.8. The molecule has 1 aliphatic rings. The average molecular weight is 446 g/mol. The first-order chi connectivity index (χ1) is 16.2. The van der Waals surface area contributed by atoms with Gasteiger partial charge in [0.05, 0.1) is 13.1 Å². The standard InChI is InChI=1S/C27H35N5O/c1-3-28-26(29-19-23-10-5-6-11-24(23)20-32-16-8-15-31-32)30-21-27(13-17-33-18-14-27)25-12-7-4-9-22(25)2/h4-12,15-16H,3,13-14,17-21H2,1-2H3,(H2,28,29,30). The Labute approximate surface area is 197 Å². The summed E-state index contributed by atoms with van der Waals surface area (Å²) in [6, 6.07) is 19.2. The van der Waals surface area contributed by atoms with Gasteiger partial charge in [-0.25, -0.2) is 4.99 Å². The fourth-order valence-electron chi connectivity index (χ4n) is 4.66. The van der Waals surface area contributed by atoms with Crippen molar-refractivity contribution in [3.63, 3.8) is 0 Å². The average Bonchev–Trinajstić information content (AvgIpc) is 3.36. The zero-order chi connectivity index (χ0) is 22.9. The molecule has 3 aromatic rings. The summed E-state index contributed by atoms with van der Waals surface area (Å²) in [7, 11) is 0. The van der Waals surface area contributed by atoms with Crippen LogP contribution in [0.2, 0.25) is 0 Å². The highest BCUT2D eigenvalue weighted by Gasteiger charge is 2.35. The molecule has 2 aromatic carbocycles. The van der Waals surface area contributed by atoms with Crippen LogP contribution in [0, 0.1) is 6.92 Å². The molecule has 1 aliphatic heterocycles. The van der Waals surface area contributed by atoms with Crippen LogP contribution in [0.25, 0.3) is 0 Å². The van der Waals surface area contributed by atoms with E-state index in [-0.39, 0.29) is 5.41 Å². The van der Waals surface area contributed by atoms with Crippen LogP contribution in [0.1, 0.15) is 42.0 Å². The summed E-state index contributed by atoms with van der Waals surface area (Å²) in [5, 5.41) is 11.4. The second-order valence-electron chi connectivity index (χ2n) is 8.73. The van der Waals surface area contributed by atoms with Crippen LogP contribution < -0.4 is 10.6 Å². The molecule has 2 heterocycles. The Morgan fingerprint density at radius 2 is 1.79 bits per heavy atom. The second-order valence-corrected chi connectivity index (χ2v) is 8.73. The Morgan fingerprint density at radius 3 is 2.52 bits per heavy atom. The maximum absolute atomic E-state index is 5.72. The first-order valence-corrected chi connectivity index (χ1v) is 11.9. The summed E-state index contributed by atoms with van der Waals surface area (Å²) >= 11 is 0. The molecule has 0 saturated carbocycles. The molecular weight excluding hydrogens is 410 g/mol. The van der Waals surface area contributed by atoms with Crippen molar-refractivity contribution in [3.05, 3.63) is 89.2 Å². The minimum absolute atomic E-state index is 0.0534. The Balaban J connectivity index is 1.50. The van der Waals surface area contributed by atoms with E-state index in [0.717, 1.165) is 51.6 Å². The number of rotatable bonds is 8. The van der Waals surface area contributed by atoms with E-state index in [2.05, 4.69) is 78.1 Å². The summed E-state index contributed by atoms with van der Waals surface area (Å²) in [4.78, 5) is 4.94. The van der Waals surface area contributed by atoms with Crippen LogP contribution in [0.15, 0.2) is 72.0 Å². The summed E-state index contributed by atoms with van der Waals surface area (Å²) in [6.07, 6.45) is 5.83. The van der Waals surface area contributed by atoms with Gasteiger partial charge in [0.2, 0.25) is 0 Å². The number of hydrogen-bond donors (Lipinski definition) is 2. The second kappa shape index (κ2) is 11.1. The molecule has 1 fully saturated rings. The maximum atomic E-state index is 5.72. The molecule has 0 bridgehead atoms. The summed E-state index contributed by atoms with van der Waals surface area (Å²) in [6.45, 7) is 8.93.